The minimum absolute atomic E-state index is 0.107. The van der Waals surface area contributed by atoms with Crippen molar-refractivity contribution in [3.63, 3.8) is 0 Å². The lowest BCUT2D eigenvalue weighted by Gasteiger charge is -2.39. The lowest BCUT2D eigenvalue weighted by atomic mass is 10.0. The Hall–Kier alpha value is -2.63. The van der Waals surface area contributed by atoms with Gasteiger partial charge in [0.15, 0.2) is 0 Å². The highest BCUT2D eigenvalue weighted by Gasteiger charge is 2.28. The largest absolute Gasteiger partial charge is 0.508 e. The van der Waals surface area contributed by atoms with E-state index in [0.29, 0.717) is 5.75 Å². The van der Waals surface area contributed by atoms with Crippen LogP contribution in [0.1, 0.15) is 22.9 Å². The first-order valence-corrected chi connectivity index (χ1v) is 9.98. The maximum absolute atomic E-state index is 10.00. The molecule has 28 heavy (non-hydrogen) atoms. The fourth-order valence-electron chi connectivity index (χ4n) is 4.09. The molecule has 0 aliphatic carbocycles. The van der Waals surface area contributed by atoms with Crippen LogP contribution in [0, 0.1) is 0 Å². The number of phenolic OH excluding ortho intramolecular Hbond substituents is 1. The number of hydrogen-bond donors (Lipinski definition) is 1. The summed E-state index contributed by atoms with van der Waals surface area (Å²) in [6.45, 7) is 5.21. The van der Waals surface area contributed by atoms with Crippen molar-refractivity contribution in [3.05, 3.63) is 83.7 Å². The van der Waals surface area contributed by atoms with Crippen molar-refractivity contribution in [3.8, 4) is 5.75 Å². The van der Waals surface area contributed by atoms with E-state index in [2.05, 4.69) is 57.4 Å². The van der Waals surface area contributed by atoms with E-state index >= 15 is 0 Å². The number of aryl methyl sites for hydroxylation is 1. The maximum Gasteiger partial charge on any atom is 0.115 e. The molecule has 1 aromatic heterocycles. The highest BCUT2D eigenvalue weighted by Crippen LogP contribution is 2.31. The number of piperazine rings is 1. The van der Waals surface area contributed by atoms with E-state index in [-0.39, 0.29) is 6.04 Å². The molecule has 0 amide bonds. The number of benzene rings is 2. The summed E-state index contributed by atoms with van der Waals surface area (Å²) in [4.78, 5) is 5.05. The average molecular weight is 377 g/mol. The minimum atomic E-state index is 0.107. The van der Waals surface area contributed by atoms with Crippen LogP contribution in [0.25, 0.3) is 0 Å². The molecule has 1 aliphatic heterocycles. The van der Waals surface area contributed by atoms with Crippen LogP contribution in [0.5, 0.6) is 5.75 Å². The Morgan fingerprint density at radius 1 is 0.964 bits per heavy atom. The summed E-state index contributed by atoms with van der Waals surface area (Å²) < 4.78 is 1.94. The summed E-state index contributed by atoms with van der Waals surface area (Å²) in [5.74, 6) is 0.311. The molecule has 3 aromatic rings. The average Bonchev–Trinajstić information content (AvgIpc) is 3.14. The van der Waals surface area contributed by atoms with Crippen molar-refractivity contribution in [2.45, 2.75) is 12.5 Å². The van der Waals surface area contributed by atoms with Crippen LogP contribution in [-0.2, 0) is 13.5 Å². The molecule has 5 heteroatoms. The van der Waals surface area contributed by atoms with Gasteiger partial charge in [-0.3, -0.25) is 9.58 Å². The molecule has 4 rings (SSSR count). The first kappa shape index (κ1) is 18.7. The van der Waals surface area contributed by atoms with Gasteiger partial charge in [-0.15, -0.1) is 0 Å². The molecule has 1 aliphatic rings. The van der Waals surface area contributed by atoms with Gasteiger partial charge in [-0.05, 0) is 35.7 Å². The molecule has 1 saturated heterocycles. The SMILES string of the molecule is Cn1nccc1C(c1cccc(O)c1)N1CCN(CCc2ccccc2)CC1. The fourth-order valence-corrected chi connectivity index (χ4v) is 4.09. The monoisotopic (exact) mass is 376 g/mol. The molecule has 1 fully saturated rings. The van der Waals surface area contributed by atoms with Crippen LogP contribution < -0.4 is 0 Å². The fraction of sp³-hybridized carbons (Fsp3) is 0.348. The third kappa shape index (κ3) is 4.26. The Labute approximate surface area is 166 Å². The van der Waals surface area contributed by atoms with Gasteiger partial charge < -0.3 is 10.0 Å². The van der Waals surface area contributed by atoms with Gasteiger partial charge in [-0.2, -0.15) is 5.10 Å². The van der Waals surface area contributed by atoms with Gasteiger partial charge in [0.05, 0.1) is 11.7 Å². The normalized spacial score (nSPS) is 16.9. The second-order valence-corrected chi connectivity index (χ2v) is 7.49. The quantitative estimate of drug-likeness (QED) is 0.718. The van der Waals surface area contributed by atoms with Crippen molar-refractivity contribution in [2.24, 2.45) is 7.05 Å². The van der Waals surface area contributed by atoms with Gasteiger partial charge in [-0.1, -0.05) is 42.5 Å². The van der Waals surface area contributed by atoms with Crippen LogP contribution in [0.2, 0.25) is 0 Å². The Bertz CT molecular complexity index is 884. The van der Waals surface area contributed by atoms with Gasteiger partial charge in [0.25, 0.3) is 0 Å². The second kappa shape index (κ2) is 8.59. The molecular weight excluding hydrogens is 348 g/mol. The number of aromatic hydroxyl groups is 1. The Kier molecular flexibility index (Phi) is 5.74. The molecule has 1 N–H and O–H groups in total. The van der Waals surface area contributed by atoms with E-state index in [9.17, 15) is 5.11 Å². The maximum atomic E-state index is 10.00. The summed E-state index contributed by atoms with van der Waals surface area (Å²) in [6.07, 6.45) is 2.94. The van der Waals surface area contributed by atoms with Crippen molar-refractivity contribution < 1.29 is 5.11 Å². The van der Waals surface area contributed by atoms with E-state index in [0.717, 1.165) is 50.4 Å². The van der Waals surface area contributed by atoms with Gasteiger partial charge in [-0.25, -0.2) is 0 Å². The highest BCUT2D eigenvalue weighted by molar-refractivity contribution is 5.34. The van der Waals surface area contributed by atoms with E-state index in [1.54, 1.807) is 6.07 Å². The summed E-state index contributed by atoms with van der Waals surface area (Å²) in [6, 6.07) is 20.5. The smallest absolute Gasteiger partial charge is 0.115 e. The van der Waals surface area contributed by atoms with Gasteiger partial charge in [0.2, 0.25) is 0 Å². The van der Waals surface area contributed by atoms with Crippen molar-refractivity contribution in [1.29, 1.82) is 0 Å². The first-order chi connectivity index (χ1) is 13.7. The molecule has 1 unspecified atom stereocenters. The molecule has 0 spiro atoms. The van der Waals surface area contributed by atoms with E-state index in [1.807, 2.05) is 30.1 Å². The third-order valence-electron chi connectivity index (χ3n) is 5.66. The van der Waals surface area contributed by atoms with Crippen molar-refractivity contribution in [2.75, 3.05) is 32.7 Å². The summed E-state index contributed by atoms with van der Waals surface area (Å²) in [5.41, 5.74) is 3.67. The molecule has 5 nitrogen and oxygen atoms in total. The zero-order valence-corrected chi connectivity index (χ0v) is 16.4. The Morgan fingerprint density at radius 2 is 1.75 bits per heavy atom. The highest BCUT2D eigenvalue weighted by atomic mass is 16.3. The Balaban J connectivity index is 1.45. The molecule has 2 heterocycles. The van der Waals surface area contributed by atoms with Gasteiger partial charge in [0, 0.05) is 46.0 Å². The van der Waals surface area contributed by atoms with Gasteiger partial charge >= 0.3 is 0 Å². The van der Waals surface area contributed by atoms with Crippen molar-refractivity contribution >= 4 is 0 Å². The summed E-state index contributed by atoms with van der Waals surface area (Å²) in [7, 11) is 1.99. The van der Waals surface area contributed by atoms with Crippen LogP contribution in [0.15, 0.2) is 66.9 Å². The van der Waals surface area contributed by atoms with Crippen LogP contribution in [0.3, 0.4) is 0 Å². The molecular formula is C23H28N4O. The third-order valence-corrected chi connectivity index (χ3v) is 5.66. The van der Waals surface area contributed by atoms with E-state index < -0.39 is 0 Å². The van der Waals surface area contributed by atoms with Gasteiger partial charge in [0.1, 0.15) is 5.75 Å². The molecule has 0 saturated carbocycles. The van der Waals surface area contributed by atoms with Crippen LogP contribution in [0.4, 0.5) is 0 Å². The van der Waals surface area contributed by atoms with E-state index in [1.165, 1.54) is 5.56 Å². The topological polar surface area (TPSA) is 44.5 Å². The Morgan fingerprint density at radius 3 is 2.43 bits per heavy atom. The lowest BCUT2D eigenvalue weighted by Crippen LogP contribution is -2.48. The second-order valence-electron chi connectivity index (χ2n) is 7.49. The zero-order chi connectivity index (χ0) is 19.3. The predicted molar refractivity (Wildman–Crippen MR) is 111 cm³/mol. The number of nitrogens with zero attached hydrogens (tertiary/aromatic N) is 4. The van der Waals surface area contributed by atoms with E-state index in [4.69, 9.17) is 0 Å². The predicted octanol–water partition coefficient (Wildman–Crippen LogP) is 3.08. The molecule has 1 atom stereocenters. The zero-order valence-electron chi connectivity index (χ0n) is 16.4. The molecule has 146 valence electrons. The molecule has 2 aromatic carbocycles. The number of aromatic nitrogens is 2. The lowest BCUT2D eigenvalue weighted by molar-refractivity contribution is 0.107. The van der Waals surface area contributed by atoms with Crippen LogP contribution >= 0.6 is 0 Å². The minimum Gasteiger partial charge on any atom is -0.508 e. The summed E-state index contributed by atoms with van der Waals surface area (Å²) >= 11 is 0. The molecule has 0 bridgehead atoms. The van der Waals surface area contributed by atoms with Crippen LogP contribution in [-0.4, -0.2) is 57.4 Å². The standard InChI is InChI=1S/C23H28N4O/c1-25-22(10-12-24-25)23(20-8-5-9-21(28)18-20)27-16-14-26(15-17-27)13-11-19-6-3-2-4-7-19/h2-10,12,18,23,28H,11,13-17H2,1H3. The summed E-state index contributed by atoms with van der Waals surface area (Å²) in [5, 5.41) is 14.4. The van der Waals surface area contributed by atoms with Crippen molar-refractivity contribution in [1.82, 2.24) is 19.6 Å². The first-order valence-electron chi connectivity index (χ1n) is 9.98. The number of hydrogen-bond acceptors (Lipinski definition) is 4. The number of rotatable bonds is 6. The molecule has 0 radical (unpaired) electrons. The number of phenols is 1.